The Morgan fingerprint density at radius 3 is 2.48 bits per heavy atom. The average molecular weight is 476 g/mol. The van der Waals surface area contributed by atoms with E-state index in [0.29, 0.717) is 6.54 Å². The lowest BCUT2D eigenvalue weighted by Gasteiger charge is -2.50. The van der Waals surface area contributed by atoms with Gasteiger partial charge in [-0.3, -0.25) is 0 Å². The van der Waals surface area contributed by atoms with E-state index >= 15 is 0 Å². The monoisotopic (exact) mass is 475 g/mol. The maximum Gasteiger partial charge on any atom is 0.211 e. The summed E-state index contributed by atoms with van der Waals surface area (Å²) < 4.78 is 34.9. The van der Waals surface area contributed by atoms with Crippen LogP contribution in [-0.2, 0) is 22.5 Å². The third kappa shape index (κ3) is 3.89. The number of ether oxygens (including phenoxy) is 1. The molecule has 182 valence electrons. The van der Waals surface area contributed by atoms with Gasteiger partial charge in [0.1, 0.15) is 5.75 Å². The van der Waals surface area contributed by atoms with Gasteiger partial charge in [-0.2, -0.15) is 4.31 Å². The summed E-state index contributed by atoms with van der Waals surface area (Å²) in [6, 6.07) is 5.56. The van der Waals surface area contributed by atoms with Crippen LogP contribution in [0.1, 0.15) is 55.8 Å². The molecule has 1 saturated carbocycles. The second-order valence-electron chi connectivity index (χ2n) is 10.4. The first-order chi connectivity index (χ1) is 15.8. The highest BCUT2D eigenvalue weighted by atomic mass is 32.2. The molecule has 3 heterocycles. The lowest BCUT2D eigenvalue weighted by atomic mass is 9.68. The third-order valence-corrected chi connectivity index (χ3v) is 9.74. The zero-order valence-corrected chi connectivity index (χ0v) is 20.9. The van der Waals surface area contributed by atoms with Crippen LogP contribution in [0.3, 0.4) is 0 Å². The summed E-state index contributed by atoms with van der Waals surface area (Å²) >= 11 is 0. The van der Waals surface area contributed by atoms with Crippen molar-refractivity contribution < 1.29 is 18.3 Å². The SMILES string of the molecule is COc1ccc2c3c(n(C)c2c1)[C@@H](CO)N(S(C)(=O)=O)CC31CCN(CC2CCCC2)CC1. The molecule has 7 nitrogen and oxygen atoms in total. The van der Waals surface area contributed by atoms with Crippen molar-refractivity contribution in [1.82, 2.24) is 13.8 Å². The van der Waals surface area contributed by atoms with Crippen LogP contribution < -0.4 is 4.74 Å². The number of aliphatic hydroxyl groups excluding tert-OH is 1. The molecule has 2 aliphatic heterocycles. The first-order valence-electron chi connectivity index (χ1n) is 12.2. The van der Waals surface area contributed by atoms with E-state index in [-0.39, 0.29) is 12.0 Å². The maximum absolute atomic E-state index is 12.9. The largest absolute Gasteiger partial charge is 0.497 e. The Labute approximate surface area is 197 Å². The molecule has 5 rings (SSSR count). The number of benzene rings is 1. The van der Waals surface area contributed by atoms with Gasteiger partial charge in [-0.15, -0.1) is 0 Å². The predicted octanol–water partition coefficient (Wildman–Crippen LogP) is 3.02. The number of aliphatic hydroxyl groups is 1. The van der Waals surface area contributed by atoms with E-state index in [1.807, 2.05) is 19.2 Å². The maximum atomic E-state index is 12.9. The number of piperidine rings is 1. The van der Waals surface area contributed by atoms with Crippen molar-refractivity contribution in [3.8, 4) is 5.75 Å². The van der Waals surface area contributed by atoms with Crippen molar-refractivity contribution in [3.05, 3.63) is 29.5 Å². The highest BCUT2D eigenvalue weighted by Gasteiger charge is 2.50. The van der Waals surface area contributed by atoms with Crippen LogP contribution in [0.4, 0.5) is 0 Å². The van der Waals surface area contributed by atoms with Gasteiger partial charge < -0.3 is 19.3 Å². The van der Waals surface area contributed by atoms with Gasteiger partial charge >= 0.3 is 0 Å². The summed E-state index contributed by atoms with van der Waals surface area (Å²) in [5, 5.41) is 11.5. The summed E-state index contributed by atoms with van der Waals surface area (Å²) in [6.45, 7) is 3.36. The van der Waals surface area contributed by atoms with Crippen molar-refractivity contribution in [2.45, 2.75) is 50.0 Å². The molecule has 1 spiro atoms. The van der Waals surface area contributed by atoms with Crippen molar-refractivity contribution in [2.75, 3.05) is 46.2 Å². The Kier molecular flexibility index (Phi) is 6.00. The molecule has 0 unspecified atom stereocenters. The summed E-state index contributed by atoms with van der Waals surface area (Å²) in [5.74, 6) is 1.60. The molecule has 1 aliphatic carbocycles. The fraction of sp³-hybridized carbons (Fsp3) is 0.680. The molecule has 0 amide bonds. The van der Waals surface area contributed by atoms with E-state index < -0.39 is 16.1 Å². The molecule has 1 aromatic carbocycles. The zero-order chi connectivity index (χ0) is 23.4. The van der Waals surface area contributed by atoms with Crippen molar-refractivity contribution in [1.29, 1.82) is 0 Å². The number of hydrogen-bond donors (Lipinski definition) is 1. The summed E-state index contributed by atoms with van der Waals surface area (Å²) in [4.78, 5) is 2.60. The average Bonchev–Trinajstić information content (AvgIpc) is 3.41. The minimum absolute atomic E-state index is 0.231. The highest BCUT2D eigenvalue weighted by molar-refractivity contribution is 7.88. The second-order valence-corrected chi connectivity index (χ2v) is 12.4. The molecular weight excluding hydrogens is 438 g/mol. The standard InChI is InChI=1S/C25H37N3O4S/c1-26-21-14-19(32-2)8-9-20(21)23-24(26)22(16-29)28(33(3,30)31)17-25(23)10-12-27(13-11-25)15-18-6-4-5-7-18/h8-9,14,18,22,29H,4-7,10-13,15-17H2,1-3H3/t22-/m1/s1. The summed E-state index contributed by atoms with van der Waals surface area (Å²) in [5.41, 5.74) is 2.95. The van der Waals surface area contributed by atoms with Crippen LogP contribution in [0.2, 0.25) is 0 Å². The quantitative estimate of drug-likeness (QED) is 0.720. The summed E-state index contributed by atoms with van der Waals surface area (Å²) in [6.07, 6.45) is 8.54. The first-order valence-corrected chi connectivity index (χ1v) is 14.1. The van der Waals surface area contributed by atoms with Gasteiger partial charge in [0.25, 0.3) is 0 Å². The Balaban J connectivity index is 1.59. The van der Waals surface area contributed by atoms with Crippen molar-refractivity contribution in [2.24, 2.45) is 13.0 Å². The third-order valence-electron chi connectivity index (χ3n) is 8.51. The highest BCUT2D eigenvalue weighted by Crippen LogP contribution is 2.50. The number of fused-ring (bicyclic) bond motifs is 4. The molecule has 1 atom stereocenters. The van der Waals surface area contributed by atoms with Crippen LogP contribution in [-0.4, -0.2) is 73.4 Å². The van der Waals surface area contributed by atoms with E-state index in [1.165, 1.54) is 44.0 Å². The van der Waals surface area contributed by atoms with Gasteiger partial charge in [-0.05, 0) is 62.4 Å². The number of rotatable bonds is 5. The fourth-order valence-electron chi connectivity index (χ4n) is 6.79. The Hall–Kier alpha value is -1.61. The van der Waals surface area contributed by atoms with E-state index in [1.54, 1.807) is 11.4 Å². The predicted molar refractivity (Wildman–Crippen MR) is 130 cm³/mol. The molecule has 1 aromatic heterocycles. The molecular formula is C25H37N3O4S. The van der Waals surface area contributed by atoms with Crippen LogP contribution in [0.25, 0.3) is 10.9 Å². The molecule has 33 heavy (non-hydrogen) atoms. The van der Waals surface area contributed by atoms with Crippen molar-refractivity contribution >= 4 is 20.9 Å². The van der Waals surface area contributed by atoms with Crippen LogP contribution in [0.5, 0.6) is 5.75 Å². The molecule has 2 fully saturated rings. The second kappa shape index (κ2) is 8.56. The molecule has 2 aromatic rings. The molecule has 8 heteroatoms. The van der Waals surface area contributed by atoms with Gasteiger partial charge in [0, 0.05) is 42.7 Å². The van der Waals surface area contributed by atoms with E-state index in [2.05, 4.69) is 15.5 Å². The zero-order valence-electron chi connectivity index (χ0n) is 20.1. The molecule has 0 radical (unpaired) electrons. The van der Waals surface area contributed by atoms with E-state index in [0.717, 1.165) is 54.2 Å². The van der Waals surface area contributed by atoms with Gasteiger partial charge in [0.15, 0.2) is 0 Å². The van der Waals surface area contributed by atoms with Gasteiger partial charge in [0.05, 0.1) is 31.5 Å². The Morgan fingerprint density at radius 1 is 1.18 bits per heavy atom. The number of hydrogen-bond acceptors (Lipinski definition) is 5. The Morgan fingerprint density at radius 2 is 1.88 bits per heavy atom. The lowest BCUT2D eigenvalue weighted by Crippen LogP contribution is -2.55. The normalized spacial score (nSPS) is 24.5. The van der Waals surface area contributed by atoms with Crippen molar-refractivity contribution in [3.63, 3.8) is 0 Å². The first kappa shape index (κ1) is 23.1. The minimum Gasteiger partial charge on any atom is -0.497 e. The minimum atomic E-state index is -3.48. The summed E-state index contributed by atoms with van der Waals surface area (Å²) in [7, 11) is 0.162. The lowest BCUT2D eigenvalue weighted by molar-refractivity contribution is 0.0882. The molecule has 0 bridgehead atoms. The smallest absolute Gasteiger partial charge is 0.211 e. The van der Waals surface area contributed by atoms with E-state index in [9.17, 15) is 13.5 Å². The number of nitrogens with zero attached hydrogens (tertiary/aromatic N) is 3. The molecule has 1 saturated heterocycles. The van der Waals surface area contributed by atoms with E-state index in [4.69, 9.17) is 4.74 Å². The number of likely N-dealkylation sites (tertiary alicyclic amines) is 1. The van der Waals surface area contributed by atoms with Crippen LogP contribution in [0, 0.1) is 5.92 Å². The molecule has 3 aliphatic rings. The van der Waals surface area contributed by atoms with Gasteiger partial charge in [0.2, 0.25) is 10.0 Å². The van der Waals surface area contributed by atoms with Crippen LogP contribution >= 0.6 is 0 Å². The fourth-order valence-corrected chi connectivity index (χ4v) is 7.90. The number of aryl methyl sites for hydroxylation is 1. The topological polar surface area (TPSA) is 75.0 Å². The number of methoxy groups -OCH3 is 1. The van der Waals surface area contributed by atoms with Crippen LogP contribution in [0.15, 0.2) is 18.2 Å². The van der Waals surface area contributed by atoms with Gasteiger partial charge in [-0.1, -0.05) is 12.8 Å². The Bertz CT molecular complexity index is 1130. The molecule has 1 N–H and O–H groups in total. The number of sulfonamides is 1. The number of aromatic nitrogens is 1. The van der Waals surface area contributed by atoms with Gasteiger partial charge in [-0.25, -0.2) is 8.42 Å².